The molecule has 0 unspecified atom stereocenters. The van der Waals surface area contributed by atoms with Gasteiger partial charge < -0.3 is 21.3 Å². The average Bonchev–Trinajstić information content (AvgIpc) is 2.76. The van der Waals surface area contributed by atoms with Crippen LogP contribution >= 0.6 is 0 Å². The van der Waals surface area contributed by atoms with Crippen molar-refractivity contribution in [3.63, 3.8) is 0 Å². The molecule has 0 atom stereocenters. The molecule has 1 amide bonds. The van der Waals surface area contributed by atoms with Gasteiger partial charge in [0.1, 0.15) is 5.82 Å². The van der Waals surface area contributed by atoms with Crippen molar-refractivity contribution < 1.29 is 4.79 Å². The number of carbonyl (C=O) groups excluding carboxylic acids is 1. The second-order valence-corrected chi connectivity index (χ2v) is 7.01. The molecule has 7 heteroatoms. The van der Waals surface area contributed by atoms with Gasteiger partial charge in [0.05, 0.1) is 11.3 Å². The van der Waals surface area contributed by atoms with E-state index in [0.29, 0.717) is 23.0 Å². The minimum atomic E-state index is -0.152. The van der Waals surface area contributed by atoms with E-state index >= 15 is 0 Å². The summed E-state index contributed by atoms with van der Waals surface area (Å²) in [7, 11) is 1.62. The highest BCUT2D eigenvalue weighted by Crippen LogP contribution is 2.25. The Morgan fingerprint density at radius 3 is 2.83 bits per heavy atom. The highest BCUT2D eigenvalue weighted by molar-refractivity contribution is 6.00. The van der Waals surface area contributed by atoms with Crippen molar-refractivity contribution in [2.24, 2.45) is 0 Å². The largest absolute Gasteiger partial charge is 0.355 e. The Labute approximate surface area is 170 Å². The van der Waals surface area contributed by atoms with Crippen LogP contribution in [0, 0.1) is 6.92 Å². The van der Waals surface area contributed by atoms with Crippen LogP contribution in [0.5, 0.6) is 0 Å². The Bertz CT molecular complexity index is 1050. The molecule has 0 bridgehead atoms. The first kappa shape index (κ1) is 18.9. The SMILES string of the molecule is CNC(=O)c1ccccc1Nc1nc(Nc2ccc3c(c2)CNCC3)ncc1C. The zero-order valence-electron chi connectivity index (χ0n) is 16.5. The van der Waals surface area contributed by atoms with Gasteiger partial charge in [0.25, 0.3) is 5.91 Å². The fourth-order valence-electron chi connectivity index (χ4n) is 3.37. The number of anilines is 4. The molecule has 1 aromatic heterocycles. The van der Waals surface area contributed by atoms with Crippen LogP contribution in [-0.2, 0) is 13.0 Å². The summed E-state index contributed by atoms with van der Waals surface area (Å²) in [5.41, 5.74) is 5.77. The van der Waals surface area contributed by atoms with Gasteiger partial charge in [-0.1, -0.05) is 18.2 Å². The molecule has 1 aliphatic rings. The number of aromatic nitrogens is 2. The molecule has 0 saturated heterocycles. The lowest BCUT2D eigenvalue weighted by atomic mass is 10.0. The molecule has 0 saturated carbocycles. The topological polar surface area (TPSA) is 91.0 Å². The summed E-state index contributed by atoms with van der Waals surface area (Å²) < 4.78 is 0. The van der Waals surface area contributed by atoms with Gasteiger partial charge in [-0.15, -0.1) is 0 Å². The number of rotatable bonds is 5. The predicted octanol–water partition coefficient (Wildman–Crippen LogP) is 3.28. The standard InChI is InChI=1S/C22H24N6O/c1-14-12-25-22(26-17-8-7-15-9-10-24-13-16(15)11-17)28-20(14)27-19-6-4-3-5-18(19)21(29)23-2/h3-8,11-12,24H,9-10,13H2,1-2H3,(H,23,29)(H2,25,26,27,28). The van der Waals surface area contributed by atoms with Crippen LogP contribution in [0.15, 0.2) is 48.7 Å². The molecule has 0 fully saturated rings. The zero-order valence-corrected chi connectivity index (χ0v) is 16.5. The van der Waals surface area contributed by atoms with Gasteiger partial charge in [-0.3, -0.25) is 4.79 Å². The maximum Gasteiger partial charge on any atom is 0.253 e. The van der Waals surface area contributed by atoms with Crippen LogP contribution in [0.4, 0.5) is 23.1 Å². The molecule has 0 aliphatic carbocycles. The van der Waals surface area contributed by atoms with Gasteiger partial charge >= 0.3 is 0 Å². The highest BCUT2D eigenvalue weighted by atomic mass is 16.1. The average molecular weight is 388 g/mol. The molecule has 29 heavy (non-hydrogen) atoms. The maximum atomic E-state index is 12.1. The van der Waals surface area contributed by atoms with Crippen molar-refractivity contribution in [3.05, 3.63) is 70.9 Å². The molecule has 2 heterocycles. The smallest absolute Gasteiger partial charge is 0.253 e. The van der Waals surface area contributed by atoms with E-state index in [4.69, 9.17) is 0 Å². The minimum absolute atomic E-state index is 0.152. The lowest BCUT2D eigenvalue weighted by Crippen LogP contribution is -2.23. The summed E-state index contributed by atoms with van der Waals surface area (Å²) in [6, 6.07) is 13.7. The number of benzene rings is 2. The molecule has 148 valence electrons. The summed E-state index contributed by atoms with van der Waals surface area (Å²) in [4.78, 5) is 21.2. The van der Waals surface area contributed by atoms with E-state index < -0.39 is 0 Å². The van der Waals surface area contributed by atoms with Gasteiger partial charge in [0, 0.05) is 31.0 Å². The number of fused-ring (bicyclic) bond motifs is 1. The molecule has 2 aromatic carbocycles. The van der Waals surface area contributed by atoms with Gasteiger partial charge in [0.15, 0.2) is 0 Å². The lowest BCUT2D eigenvalue weighted by molar-refractivity contribution is 0.0964. The van der Waals surface area contributed by atoms with E-state index in [1.165, 1.54) is 11.1 Å². The Morgan fingerprint density at radius 2 is 1.97 bits per heavy atom. The molecule has 3 aromatic rings. The van der Waals surface area contributed by atoms with Crippen molar-refractivity contribution in [1.82, 2.24) is 20.6 Å². The monoisotopic (exact) mass is 388 g/mol. The van der Waals surface area contributed by atoms with Crippen LogP contribution in [0.1, 0.15) is 27.0 Å². The normalized spacial score (nSPS) is 12.8. The van der Waals surface area contributed by atoms with E-state index in [1.54, 1.807) is 19.3 Å². The fraction of sp³-hybridized carbons (Fsp3) is 0.227. The van der Waals surface area contributed by atoms with Gasteiger partial charge in [-0.25, -0.2) is 4.98 Å². The third-order valence-corrected chi connectivity index (χ3v) is 4.97. The molecule has 0 spiro atoms. The number of nitrogens with one attached hydrogen (secondary N) is 4. The Kier molecular flexibility index (Phi) is 5.39. The summed E-state index contributed by atoms with van der Waals surface area (Å²) in [5.74, 6) is 0.999. The first-order chi connectivity index (χ1) is 14.1. The second kappa shape index (κ2) is 8.28. The third-order valence-electron chi connectivity index (χ3n) is 4.97. The summed E-state index contributed by atoms with van der Waals surface area (Å²) in [6.07, 6.45) is 2.82. The summed E-state index contributed by atoms with van der Waals surface area (Å²) in [5, 5.41) is 12.6. The number of carbonyl (C=O) groups is 1. The predicted molar refractivity (Wildman–Crippen MR) is 115 cm³/mol. The number of hydrogen-bond donors (Lipinski definition) is 4. The van der Waals surface area contributed by atoms with Crippen molar-refractivity contribution in [3.8, 4) is 0 Å². The number of amides is 1. The lowest BCUT2D eigenvalue weighted by Gasteiger charge is -2.18. The molecular formula is C22H24N6O. The van der Waals surface area contributed by atoms with Crippen molar-refractivity contribution in [2.75, 3.05) is 24.2 Å². The van der Waals surface area contributed by atoms with E-state index in [0.717, 1.165) is 30.8 Å². The number of para-hydroxylation sites is 1. The summed E-state index contributed by atoms with van der Waals surface area (Å²) in [6.45, 7) is 3.83. The molecule has 4 N–H and O–H groups in total. The first-order valence-electron chi connectivity index (χ1n) is 9.65. The molecule has 4 rings (SSSR count). The highest BCUT2D eigenvalue weighted by Gasteiger charge is 2.13. The second-order valence-electron chi connectivity index (χ2n) is 7.01. The Balaban J connectivity index is 1.58. The van der Waals surface area contributed by atoms with Crippen molar-refractivity contribution in [2.45, 2.75) is 19.9 Å². The Hall–Kier alpha value is -3.45. The van der Waals surface area contributed by atoms with Crippen LogP contribution in [-0.4, -0.2) is 29.5 Å². The minimum Gasteiger partial charge on any atom is -0.355 e. The van der Waals surface area contributed by atoms with Crippen LogP contribution in [0.25, 0.3) is 0 Å². The van der Waals surface area contributed by atoms with E-state index in [9.17, 15) is 4.79 Å². The van der Waals surface area contributed by atoms with E-state index in [2.05, 4.69) is 49.4 Å². The first-order valence-corrected chi connectivity index (χ1v) is 9.65. The molecule has 0 radical (unpaired) electrons. The van der Waals surface area contributed by atoms with E-state index in [1.807, 2.05) is 25.1 Å². The maximum absolute atomic E-state index is 12.1. The molecule has 1 aliphatic heterocycles. The fourth-order valence-corrected chi connectivity index (χ4v) is 3.37. The summed E-state index contributed by atoms with van der Waals surface area (Å²) >= 11 is 0. The van der Waals surface area contributed by atoms with Crippen molar-refractivity contribution >= 4 is 29.0 Å². The number of aryl methyl sites for hydroxylation is 1. The molecule has 7 nitrogen and oxygen atoms in total. The molecular weight excluding hydrogens is 364 g/mol. The Morgan fingerprint density at radius 1 is 1.10 bits per heavy atom. The van der Waals surface area contributed by atoms with Gasteiger partial charge in [-0.2, -0.15) is 4.98 Å². The third kappa shape index (κ3) is 4.20. The number of hydrogen-bond acceptors (Lipinski definition) is 6. The number of nitrogens with zero attached hydrogens (tertiary/aromatic N) is 2. The van der Waals surface area contributed by atoms with Crippen LogP contribution < -0.4 is 21.3 Å². The van der Waals surface area contributed by atoms with Crippen LogP contribution in [0.2, 0.25) is 0 Å². The quantitative estimate of drug-likeness (QED) is 0.536. The van der Waals surface area contributed by atoms with Crippen molar-refractivity contribution in [1.29, 1.82) is 0 Å². The zero-order chi connectivity index (χ0) is 20.2. The van der Waals surface area contributed by atoms with Gasteiger partial charge in [0.2, 0.25) is 5.95 Å². The van der Waals surface area contributed by atoms with E-state index in [-0.39, 0.29) is 5.91 Å². The van der Waals surface area contributed by atoms with Gasteiger partial charge in [-0.05, 0) is 55.3 Å². The van der Waals surface area contributed by atoms with Crippen LogP contribution in [0.3, 0.4) is 0 Å².